The lowest BCUT2D eigenvalue weighted by Crippen LogP contribution is -2.33. The van der Waals surface area contributed by atoms with Gasteiger partial charge in [0.15, 0.2) is 0 Å². The second-order valence-electron chi connectivity index (χ2n) is 5.87. The molecule has 0 saturated carbocycles. The van der Waals surface area contributed by atoms with Gasteiger partial charge in [-0.05, 0) is 25.1 Å². The smallest absolute Gasteiger partial charge is 0.335 e. The Bertz CT molecular complexity index is 798. The summed E-state index contributed by atoms with van der Waals surface area (Å²) in [4.78, 5) is 11.0. The second-order valence-corrected chi connectivity index (χ2v) is 5.87. The Kier molecular flexibility index (Phi) is 3.08. The second kappa shape index (κ2) is 5.12. The van der Waals surface area contributed by atoms with Crippen LogP contribution in [-0.2, 0) is 0 Å². The molecule has 0 spiro atoms. The first-order chi connectivity index (χ1) is 11.1. The van der Waals surface area contributed by atoms with Gasteiger partial charge in [0.2, 0.25) is 6.23 Å². The van der Waals surface area contributed by atoms with E-state index in [2.05, 4.69) is 11.2 Å². The summed E-state index contributed by atoms with van der Waals surface area (Å²) in [5, 5.41) is 15.7. The van der Waals surface area contributed by atoms with Crippen LogP contribution in [-0.4, -0.2) is 21.8 Å². The van der Waals surface area contributed by atoms with Crippen LogP contribution in [0.25, 0.3) is 0 Å². The first-order valence-electron chi connectivity index (χ1n) is 7.55. The molecule has 2 aliphatic heterocycles. The predicted octanol–water partition coefficient (Wildman–Crippen LogP) is 3.60. The van der Waals surface area contributed by atoms with Crippen molar-refractivity contribution >= 4 is 11.7 Å². The summed E-state index contributed by atoms with van der Waals surface area (Å²) in [6.07, 6.45) is 0.541. The highest BCUT2D eigenvalue weighted by atomic mass is 16.5. The van der Waals surface area contributed by atoms with Gasteiger partial charge in [0, 0.05) is 23.3 Å². The lowest BCUT2D eigenvalue weighted by Gasteiger charge is -2.38. The van der Waals surface area contributed by atoms with Gasteiger partial charge in [0.1, 0.15) is 5.75 Å². The van der Waals surface area contributed by atoms with Crippen LogP contribution in [0.1, 0.15) is 47.1 Å². The molecule has 2 aliphatic rings. The Hall–Kier alpha value is -2.82. The van der Waals surface area contributed by atoms with Crippen LogP contribution in [0.4, 0.5) is 0 Å². The number of para-hydroxylation sites is 1. The van der Waals surface area contributed by atoms with Crippen LogP contribution in [0.15, 0.2) is 53.6 Å². The molecule has 0 aromatic heterocycles. The van der Waals surface area contributed by atoms with E-state index < -0.39 is 5.97 Å². The maximum Gasteiger partial charge on any atom is 0.335 e. The molecule has 0 bridgehead atoms. The van der Waals surface area contributed by atoms with Gasteiger partial charge in [-0.25, -0.2) is 9.80 Å². The molecule has 5 nitrogen and oxygen atoms in total. The molecule has 1 N–H and O–H groups in total. The van der Waals surface area contributed by atoms with E-state index in [0.29, 0.717) is 0 Å². The summed E-state index contributed by atoms with van der Waals surface area (Å²) in [7, 11) is 0. The van der Waals surface area contributed by atoms with Crippen LogP contribution >= 0.6 is 0 Å². The van der Waals surface area contributed by atoms with Gasteiger partial charge in [-0.2, -0.15) is 5.10 Å². The highest BCUT2D eigenvalue weighted by Gasteiger charge is 2.39. The van der Waals surface area contributed by atoms with Gasteiger partial charge in [-0.1, -0.05) is 30.3 Å². The molecular formula is C18H16N2O3. The fourth-order valence-electron chi connectivity index (χ4n) is 3.20. The fourth-order valence-corrected chi connectivity index (χ4v) is 3.20. The Labute approximate surface area is 133 Å². The Morgan fingerprint density at radius 3 is 2.70 bits per heavy atom. The Morgan fingerprint density at radius 1 is 1.22 bits per heavy atom. The minimum atomic E-state index is -0.931. The zero-order valence-corrected chi connectivity index (χ0v) is 12.6. The summed E-state index contributed by atoms with van der Waals surface area (Å²) in [5.74, 6) is -0.0645. The lowest BCUT2D eigenvalue weighted by atomic mass is 9.98. The van der Waals surface area contributed by atoms with E-state index in [0.717, 1.165) is 29.0 Å². The van der Waals surface area contributed by atoms with Crippen LogP contribution in [0.3, 0.4) is 0 Å². The molecule has 0 radical (unpaired) electrons. The van der Waals surface area contributed by atoms with Crippen LogP contribution in [0, 0.1) is 0 Å². The highest BCUT2D eigenvalue weighted by Crippen LogP contribution is 2.46. The van der Waals surface area contributed by atoms with Crippen molar-refractivity contribution in [3.8, 4) is 5.75 Å². The number of hydrazone groups is 1. The summed E-state index contributed by atoms with van der Waals surface area (Å²) in [5.41, 5.74) is 3.38. The number of benzene rings is 2. The van der Waals surface area contributed by atoms with Crippen LogP contribution in [0.2, 0.25) is 0 Å². The molecular weight excluding hydrogens is 292 g/mol. The molecule has 0 amide bonds. The summed E-state index contributed by atoms with van der Waals surface area (Å²) in [6, 6.07) is 15.0. The van der Waals surface area contributed by atoms with Gasteiger partial charge in [-0.3, -0.25) is 0 Å². The van der Waals surface area contributed by atoms with Crippen LogP contribution in [0.5, 0.6) is 5.75 Å². The lowest BCUT2D eigenvalue weighted by molar-refractivity contribution is -0.0190. The van der Waals surface area contributed by atoms with E-state index in [-0.39, 0.29) is 17.8 Å². The van der Waals surface area contributed by atoms with Gasteiger partial charge < -0.3 is 9.84 Å². The Morgan fingerprint density at radius 2 is 1.96 bits per heavy atom. The van der Waals surface area contributed by atoms with E-state index in [1.165, 1.54) is 0 Å². The molecule has 116 valence electrons. The Balaban J connectivity index is 1.75. The van der Waals surface area contributed by atoms with Crippen LogP contribution < -0.4 is 4.74 Å². The van der Waals surface area contributed by atoms with E-state index in [9.17, 15) is 4.79 Å². The summed E-state index contributed by atoms with van der Waals surface area (Å²) >= 11 is 0. The highest BCUT2D eigenvalue weighted by molar-refractivity contribution is 5.87. The van der Waals surface area contributed by atoms with Crippen molar-refractivity contribution in [1.29, 1.82) is 0 Å². The zero-order chi connectivity index (χ0) is 16.0. The molecule has 0 fully saturated rings. The molecule has 2 atom stereocenters. The largest absolute Gasteiger partial charge is 0.478 e. The maximum absolute atomic E-state index is 11.0. The first-order valence-corrected chi connectivity index (χ1v) is 7.55. The van der Waals surface area contributed by atoms with Gasteiger partial charge in [0.05, 0.1) is 11.6 Å². The number of carboxylic acid groups (broad SMARTS) is 1. The zero-order valence-electron chi connectivity index (χ0n) is 12.6. The van der Waals surface area contributed by atoms with Crippen molar-refractivity contribution in [2.75, 3.05) is 0 Å². The number of hydrogen-bond acceptors (Lipinski definition) is 4. The number of ether oxygens (including phenoxy) is 1. The van der Waals surface area contributed by atoms with Gasteiger partial charge in [-0.15, -0.1) is 0 Å². The van der Waals surface area contributed by atoms with Crippen molar-refractivity contribution < 1.29 is 14.6 Å². The average molecular weight is 308 g/mol. The third kappa shape index (κ3) is 2.25. The topological polar surface area (TPSA) is 62.1 Å². The number of hydrogen-bond donors (Lipinski definition) is 1. The SMILES string of the molecule is CC1=NN2[C@@H](c3ccc(C(=O)O)cc3)Oc3ccccc3[C@@H]2C1. The number of aromatic carboxylic acids is 1. The van der Waals surface area contributed by atoms with E-state index in [4.69, 9.17) is 9.84 Å². The third-order valence-electron chi connectivity index (χ3n) is 4.29. The molecule has 4 rings (SSSR count). The number of carboxylic acids is 1. The van der Waals surface area contributed by atoms with Crippen molar-refractivity contribution in [2.45, 2.75) is 25.6 Å². The minimum absolute atomic E-state index is 0.170. The average Bonchev–Trinajstić information content (AvgIpc) is 2.96. The first kappa shape index (κ1) is 13.8. The van der Waals surface area contributed by atoms with Gasteiger partial charge >= 0.3 is 5.97 Å². The fraction of sp³-hybridized carbons (Fsp3) is 0.222. The van der Waals surface area contributed by atoms with Crippen molar-refractivity contribution in [1.82, 2.24) is 5.01 Å². The molecule has 0 aliphatic carbocycles. The van der Waals surface area contributed by atoms with E-state index in [1.54, 1.807) is 24.3 Å². The number of nitrogens with zero attached hydrogens (tertiary/aromatic N) is 2. The molecule has 2 aromatic carbocycles. The van der Waals surface area contributed by atoms with Crippen molar-refractivity contribution in [3.63, 3.8) is 0 Å². The summed E-state index contributed by atoms with van der Waals surface area (Å²) < 4.78 is 6.15. The third-order valence-corrected chi connectivity index (χ3v) is 4.29. The number of rotatable bonds is 2. The van der Waals surface area contributed by atoms with E-state index >= 15 is 0 Å². The summed E-state index contributed by atoms with van der Waals surface area (Å²) in [6.45, 7) is 2.02. The molecule has 0 saturated heterocycles. The molecule has 5 heteroatoms. The number of fused-ring (bicyclic) bond motifs is 3. The maximum atomic E-state index is 11.0. The molecule has 2 heterocycles. The quantitative estimate of drug-likeness (QED) is 0.921. The van der Waals surface area contributed by atoms with Crippen molar-refractivity contribution in [2.24, 2.45) is 5.10 Å². The predicted molar refractivity (Wildman–Crippen MR) is 85.5 cm³/mol. The molecule has 23 heavy (non-hydrogen) atoms. The monoisotopic (exact) mass is 308 g/mol. The normalized spacial score (nSPS) is 22.0. The van der Waals surface area contributed by atoms with Gasteiger partial charge in [0.25, 0.3) is 0 Å². The van der Waals surface area contributed by atoms with E-state index in [1.807, 2.05) is 30.1 Å². The van der Waals surface area contributed by atoms with Crippen molar-refractivity contribution in [3.05, 3.63) is 65.2 Å². The molecule has 2 aromatic rings. The standard InChI is InChI=1S/C18H16N2O3/c1-11-10-15-14-4-2-3-5-16(14)23-17(20(15)19-11)12-6-8-13(9-7-12)18(21)22/h2-9,15,17H,10H2,1H3,(H,21,22)/t15-,17+/m0/s1. The minimum Gasteiger partial charge on any atom is -0.478 e. The number of carbonyl (C=O) groups is 1. The molecule has 0 unspecified atom stereocenters.